The van der Waals surface area contributed by atoms with Crippen LogP contribution in [0, 0.1) is 19.7 Å². The number of aromatic nitrogens is 2. The van der Waals surface area contributed by atoms with E-state index >= 15 is 0 Å². The maximum absolute atomic E-state index is 12.9. The zero-order valence-corrected chi connectivity index (χ0v) is 14.9. The first-order chi connectivity index (χ1) is 12.0. The first-order valence-corrected chi connectivity index (χ1v) is 8.77. The van der Waals surface area contributed by atoms with E-state index in [4.69, 9.17) is 0 Å². The SMILES string of the molecule is Cc1cc(C)n(CCN2CCN(C(=O)Cc3ccc(F)cc3)CC2)n1. The number of piperazine rings is 1. The molecule has 1 aromatic heterocycles. The molecule has 0 atom stereocenters. The van der Waals surface area contributed by atoms with Crippen LogP contribution in [-0.4, -0.2) is 58.2 Å². The molecule has 0 N–H and O–H groups in total. The van der Waals surface area contributed by atoms with E-state index in [0.717, 1.165) is 50.5 Å². The Morgan fingerprint density at radius 1 is 1.08 bits per heavy atom. The van der Waals surface area contributed by atoms with Crippen LogP contribution in [-0.2, 0) is 17.8 Å². The minimum absolute atomic E-state index is 0.116. The van der Waals surface area contributed by atoms with Gasteiger partial charge in [-0.05, 0) is 37.6 Å². The van der Waals surface area contributed by atoms with Crippen molar-refractivity contribution in [1.82, 2.24) is 19.6 Å². The van der Waals surface area contributed by atoms with E-state index in [1.165, 1.54) is 17.8 Å². The number of carbonyl (C=O) groups is 1. The Bertz CT molecular complexity index is 718. The summed E-state index contributed by atoms with van der Waals surface area (Å²) in [6, 6.07) is 8.25. The Kier molecular flexibility index (Phi) is 5.48. The number of amides is 1. The number of aryl methyl sites for hydroxylation is 2. The van der Waals surface area contributed by atoms with Gasteiger partial charge in [-0.15, -0.1) is 0 Å². The van der Waals surface area contributed by atoms with E-state index in [0.29, 0.717) is 6.42 Å². The van der Waals surface area contributed by atoms with Crippen LogP contribution in [0.15, 0.2) is 30.3 Å². The van der Waals surface area contributed by atoms with Crippen molar-refractivity contribution < 1.29 is 9.18 Å². The lowest BCUT2D eigenvalue weighted by atomic mass is 10.1. The van der Waals surface area contributed by atoms with Gasteiger partial charge >= 0.3 is 0 Å². The monoisotopic (exact) mass is 344 g/mol. The molecule has 2 heterocycles. The summed E-state index contributed by atoms with van der Waals surface area (Å²) in [5, 5.41) is 4.49. The molecule has 6 heteroatoms. The van der Waals surface area contributed by atoms with Crippen molar-refractivity contribution >= 4 is 5.91 Å². The highest BCUT2D eigenvalue weighted by Gasteiger charge is 2.21. The smallest absolute Gasteiger partial charge is 0.227 e. The van der Waals surface area contributed by atoms with Gasteiger partial charge in [0.05, 0.1) is 18.7 Å². The maximum Gasteiger partial charge on any atom is 0.227 e. The molecule has 1 saturated heterocycles. The summed E-state index contributed by atoms with van der Waals surface area (Å²) < 4.78 is 15.0. The van der Waals surface area contributed by atoms with E-state index in [1.807, 2.05) is 16.5 Å². The fraction of sp³-hybridized carbons (Fsp3) is 0.474. The summed E-state index contributed by atoms with van der Waals surface area (Å²) in [5.74, 6) is -0.155. The fourth-order valence-electron chi connectivity index (χ4n) is 3.25. The molecule has 1 aliphatic rings. The zero-order valence-electron chi connectivity index (χ0n) is 14.9. The maximum atomic E-state index is 12.9. The van der Waals surface area contributed by atoms with Gasteiger partial charge in [-0.1, -0.05) is 12.1 Å². The van der Waals surface area contributed by atoms with Crippen molar-refractivity contribution in [3.63, 3.8) is 0 Å². The molecule has 25 heavy (non-hydrogen) atoms. The molecule has 134 valence electrons. The number of hydrogen-bond acceptors (Lipinski definition) is 3. The highest BCUT2D eigenvalue weighted by atomic mass is 19.1. The third kappa shape index (κ3) is 4.66. The number of rotatable bonds is 5. The van der Waals surface area contributed by atoms with Gasteiger partial charge in [0.15, 0.2) is 0 Å². The van der Waals surface area contributed by atoms with Crippen LogP contribution in [0.5, 0.6) is 0 Å². The number of halogens is 1. The number of carbonyl (C=O) groups excluding carboxylic acids is 1. The van der Waals surface area contributed by atoms with Gasteiger partial charge in [-0.3, -0.25) is 14.4 Å². The van der Waals surface area contributed by atoms with Crippen molar-refractivity contribution in [3.8, 4) is 0 Å². The van der Waals surface area contributed by atoms with Gasteiger partial charge in [0, 0.05) is 38.4 Å². The highest BCUT2D eigenvalue weighted by molar-refractivity contribution is 5.78. The Morgan fingerprint density at radius 2 is 1.76 bits per heavy atom. The van der Waals surface area contributed by atoms with Gasteiger partial charge in [-0.25, -0.2) is 4.39 Å². The van der Waals surface area contributed by atoms with E-state index in [-0.39, 0.29) is 11.7 Å². The molecular formula is C19H25FN4O. The summed E-state index contributed by atoms with van der Waals surface area (Å²) >= 11 is 0. The van der Waals surface area contributed by atoms with Crippen molar-refractivity contribution in [2.75, 3.05) is 32.7 Å². The molecule has 1 aromatic carbocycles. The molecule has 3 rings (SSSR count). The Morgan fingerprint density at radius 3 is 2.36 bits per heavy atom. The van der Waals surface area contributed by atoms with Crippen LogP contribution in [0.25, 0.3) is 0 Å². The number of nitrogens with zero attached hydrogens (tertiary/aromatic N) is 4. The molecule has 0 bridgehead atoms. The fourth-order valence-corrected chi connectivity index (χ4v) is 3.25. The van der Waals surface area contributed by atoms with Crippen LogP contribution in [0.4, 0.5) is 4.39 Å². The summed E-state index contributed by atoms with van der Waals surface area (Å²) in [6.07, 6.45) is 0.339. The predicted molar refractivity (Wildman–Crippen MR) is 94.8 cm³/mol. The lowest BCUT2D eigenvalue weighted by Gasteiger charge is -2.34. The topological polar surface area (TPSA) is 41.4 Å². The minimum Gasteiger partial charge on any atom is -0.340 e. The van der Waals surface area contributed by atoms with Gasteiger partial charge in [0.25, 0.3) is 0 Å². The van der Waals surface area contributed by atoms with Crippen LogP contribution >= 0.6 is 0 Å². The molecule has 0 radical (unpaired) electrons. The van der Waals surface area contributed by atoms with Crippen molar-refractivity contribution in [1.29, 1.82) is 0 Å². The molecule has 0 unspecified atom stereocenters. The van der Waals surface area contributed by atoms with E-state index < -0.39 is 0 Å². The Labute approximate surface area is 148 Å². The van der Waals surface area contributed by atoms with Crippen LogP contribution in [0.2, 0.25) is 0 Å². The van der Waals surface area contributed by atoms with Crippen LogP contribution < -0.4 is 0 Å². The molecule has 1 amide bonds. The minimum atomic E-state index is -0.271. The van der Waals surface area contributed by atoms with E-state index in [1.54, 1.807) is 12.1 Å². The highest BCUT2D eigenvalue weighted by Crippen LogP contribution is 2.09. The second-order valence-corrected chi connectivity index (χ2v) is 6.68. The molecule has 1 aliphatic heterocycles. The third-order valence-electron chi connectivity index (χ3n) is 4.72. The lowest BCUT2D eigenvalue weighted by molar-refractivity contribution is -0.132. The second kappa shape index (κ2) is 7.78. The van der Waals surface area contributed by atoms with Gasteiger partial charge in [-0.2, -0.15) is 5.10 Å². The molecule has 2 aromatic rings. The van der Waals surface area contributed by atoms with Gasteiger partial charge < -0.3 is 4.90 Å². The van der Waals surface area contributed by atoms with Crippen LogP contribution in [0.1, 0.15) is 17.0 Å². The van der Waals surface area contributed by atoms with E-state index in [9.17, 15) is 9.18 Å². The normalized spacial score (nSPS) is 15.6. The second-order valence-electron chi connectivity index (χ2n) is 6.68. The van der Waals surface area contributed by atoms with Gasteiger partial charge in [0.1, 0.15) is 5.82 Å². The first kappa shape index (κ1) is 17.6. The van der Waals surface area contributed by atoms with E-state index in [2.05, 4.69) is 23.0 Å². The molecule has 1 fully saturated rings. The summed E-state index contributed by atoms with van der Waals surface area (Å²) in [7, 11) is 0. The van der Waals surface area contributed by atoms with Gasteiger partial charge in [0.2, 0.25) is 5.91 Å². The molecule has 0 spiro atoms. The van der Waals surface area contributed by atoms with Crippen molar-refractivity contribution in [2.24, 2.45) is 0 Å². The Balaban J connectivity index is 1.44. The largest absolute Gasteiger partial charge is 0.340 e. The van der Waals surface area contributed by atoms with Crippen molar-refractivity contribution in [2.45, 2.75) is 26.8 Å². The quantitative estimate of drug-likeness (QED) is 0.833. The average Bonchev–Trinajstić information content (AvgIpc) is 2.93. The number of hydrogen-bond donors (Lipinski definition) is 0. The summed E-state index contributed by atoms with van der Waals surface area (Å²) in [4.78, 5) is 16.7. The molecule has 0 saturated carbocycles. The zero-order chi connectivity index (χ0) is 17.8. The summed E-state index contributed by atoms with van der Waals surface area (Å²) in [5.41, 5.74) is 3.10. The standard InChI is InChI=1S/C19H25FN4O/c1-15-13-16(2)24(21-15)12-9-22-7-10-23(11-8-22)19(25)14-17-3-5-18(20)6-4-17/h3-6,13H,7-12,14H2,1-2H3. The van der Waals surface area contributed by atoms with Crippen molar-refractivity contribution in [3.05, 3.63) is 53.1 Å². The third-order valence-corrected chi connectivity index (χ3v) is 4.72. The molecule has 0 aliphatic carbocycles. The molecular weight excluding hydrogens is 319 g/mol. The molecule has 5 nitrogen and oxygen atoms in total. The number of benzene rings is 1. The predicted octanol–water partition coefficient (Wildman–Crippen LogP) is 2.03. The van der Waals surface area contributed by atoms with Crippen LogP contribution in [0.3, 0.4) is 0 Å². The average molecular weight is 344 g/mol. The first-order valence-electron chi connectivity index (χ1n) is 8.77. The Hall–Kier alpha value is -2.21. The summed E-state index contributed by atoms with van der Waals surface area (Å²) in [6.45, 7) is 9.17. The lowest BCUT2D eigenvalue weighted by Crippen LogP contribution is -2.49.